The Morgan fingerprint density at radius 3 is 2.21 bits per heavy atom. The second-order valence-electron chi connectivity index (χ2n) is 6.62. The quantitative estimate of drug-likeness (QED) is 0.0876. The van der Waals surface area contributed by atoms with Gasteiger partial charge in [-0.3, -0.25) is 10.2 Å². The van der Waals surface area contributed by atoms with E-state index in [2.05, 4.69) is 10.2 Å². The van der Waals surface area contributed by atoms with Crippen molar-refractivity contribution in [2.45, 2.75) is 33.3 Å². The van der Waals surface area contributed by atoms with Crippen LogP contribution in [-0.4, -0.2) is 42.1 Å². The van der Waals surface area contributed by atoms with Gasteiger partial charge in [0.05, 0.1) is 12.2 Å². The number of rotatable bonds is 6. The van der Waals surface area contributed by atoms with Crippen LogP contribution in [0.5, 0.6) is 0 Å². The molecule has 0 heterocycles. The standard InChI is InChI=1S/C18H20F4N2O5/c1-6-28-16(26)10(8-23-24(5)17(27)29-18(2,3)4)15(25)9-7-11(19)13(21)14(22)12(9)20/h7-8,23H,6H2,1-5H3. The summed E-state index contributed by atoms with van der Waals surface area (Å²) in [5.41, 5.74) is -0.729. The van der Waals surface area contributed by atoms with Gasteiger partial charge < -0.3 is 9.47 Å². The molecular weight excluding hydrogens is 400 g/mol. The van der Waals surface area contributed by atoms with Gasteiger partial charge in [0, 0.05) is 13.2 Å². The highest BCUT2D eigenvalue weighted by Crippen LogP contribution is 2.21. The Morgan fingerprint density at radius 2 is 1.69 bits per heavy atom. The predicted molar refractivity (Wildman–Crippen MR) is 92.5 cm³/mol. The summed E-state index contributed by atoms with van der Waals surface area (Å²) in [4.78, 5) is 36.4. The first kappa shape index (κ1) is 23.9. The van der Waals surface area contributed by atoms with Crippen molar-refractivity contribution in [2.24, 2.45) is 0 Å². The Morgan fingerprint density at radius 1 is 1.10 bits per heavy atom. The van der Waals surface area contributed by atoms with E-state index in [-0.39, 0.29) is 12.7 Å². The maximum atomic E-state index is 13.9. The summed E-state index contributed by atoms with van der Waals surface area (Å²) in [6.45, 7) is 6.03. The number of hydrogen-bond acceptors (Lipinski definition) is 6. The molecule has 0 fully saturated rings. The molecule has 0 saturated carbocycles. The summed E-state index contributed by atoms with van der Waals surface area (Å²) in [5.74, 6) is -10.9. The smallest absolute Gasteiger partial charge is 0.428 e. The van der Waals surface area contributed by atoms with Gasteiger partial charge in [0.25, 0.3) is 0 Å². The van der Waals surface area contributed by atoms with Crippen molar-refractivity contribution in [1.82, 2.24) is 10.4 Å². The number of halogens is 4. The van der Waals surface area contributed by atoms with Crippen molar-refractivity contribution in [2.75, 3.05) is 13.7 Å². The minimum atomic E-state index is -2.21. The van der Waals surface area contributed by atoms with E-state index in [1.54, 1.807) is 20.8 Å². The molecule has 0 atom stereocenters. The Balaban J connectivity index is 3.26. The van der Waals surface area contributed by atoms with Gasteiger partial charge in [0.2, 0.25) is 5.78 Å². The molecule has 1 N–H and O–H groups in total. The van der Waals surface area contributed by atoms with Crippen LogP contribution in [0.25, 0.3) is 0 Å². The van der Waals surface area contributed by atoms with Gasteiger partial charge in [0.1, 0.15) is 11.2 Å². The molecule has 29 heavy (non-hydrogen) atoms. The number of amides is 1. The maximum Gasteiger partial charge on any atom is 0.428 e. The molecule has 0 radical (unpaired) electrons. The van der Waals surface area contributed by atoms with E-state index < -0.39 is 57.9 Å². The lowest BCUT2D eigenvalue weighted by Crippen LogP contribution is -2.41. The van der Waals surface area contributed by atoms with Crippen LogP contribution in [0.15, 0.2) is 17.8 Å². The van der Waals surface area contributed by atoms with Crippen LogP contribution in [0, 0.1) is 23.3 Å². The number of benzene rings is 1. The third kappa shape index (κ3) is 6.19. The number of hydrogen-bond donors (Lipinski definition) is 1. The van der Waals surface area contributed by atoms with Crippen LogP contribution in [-0.2, 0) is 14.3 Å². The third-order valence-electron chi connectivity index (χ3n) is 3.16. The van der Waals surface area contributed by atoms with Crippen LogP contribution in [0.2, 0.25) is 0 Å². The van der Waals surface area contributed by atoms with Gasteiger partial charge in [-0.25, -0.2) is 32.2 Å². The van der Waals surface area contributed by atoms with Crippen LogP contribution < -0.4 is 5.43 Å². The van der Waals surface area contributed by atoms with Crippen molar-refractivity contribution in [3.8, 4) is 0 Å². The summed E-state index contributed by atoms with van der Waals surface area (Å²) in [7, 11) is 1.19. The fraction of sp³-hybridized carbons (Fsp3) is 0.389. The average Bonchev–Trinajstić information content (AvgIpc) is 2.61. The minimum absolute atomic E-state index is 0.112. The summed E-state index contributed by atoms with van der Waals surface area (Å²) >= 11 is 0. The number of ether oxygens (including phenoxy) is 2. The molecular formula is C18H20F4N2O5. The molecule has 0 aliphatic heterocycles. The first-order valence-corrected chi connectivity index (χ1v) is 8.28. The van der Waals surface area contributed by atoms with Crippen LogP contribution >= 0.6 is 0 Å². The second kappa shape index (κ2) is 9.39. The molecule has 0 saturated heterocycles. The topological polar surface area (TPSA) is 84.9 Å². The van der Waals surface area contributed by atoms with Gasteiger partial charge in [-0.2, -0.15) is 0 Å². The third-order valence-corrected chi connectivity index (χ3v) is 3.16. The number of Topliss-reactive ketones (excluding diaryl/α,β-unsaturated/α-hetero) is 1. The highest BCUT2D eigenvalue weighted by atomic mass is 19.2. The van der Waals surface area contributed by atoms with E-state index in [0.717, 1.165) is 5.01 Å². The lowest BCUT2D eigenvalue weighted by atomic mass is 10.0. The molecule has 0 aliphatic rings. The Labute approximate surface area is 164 Å². The molecule has 0 unspecified atom stereocenters. The Hall–Kier alpha value is -3.11. The molecule has 1 amide bonds. The molecule has 11 heteroatoms. The second-order valence-corrected chi connectivity index (χ2v) is 6.62. The summed E-state index contributed by atoms with van der Waals surface area (Å²) in [6.07, 6.45) is -0.225. The van der Waals surface area contributed by atoms with Gasteiger partial charge in [0.15, 0.2) is 23.3 Å². The summed E-state index contributed by atoms with van der Waals surface area (Å²) in [6, 6.07) is 0.112. The van der Waals surface area contributed by atoms with Gasteiger partial charge in [-0.05, 0) is 33.8 Å². The number of nitrogens with one attached hydrogen (secondary N) is 1. The normalized spacial score (nSPS) is 11.7. The van der Waals surface area contributed by atoms with E-state index in [1.807, 2.05) is 0 Å². The van der Waals surface area contributed by atoms with Crippen LogP contribution in [0.3, 0.4) is 0 Å². The average molecular weight is 420 g/mol. The van der Waals surface area contributed by atoms with E-state index in [9.17, 15) is 31.9 Å². The maximum absolute atomic E-state index is 13.9. The van der Waals surface area contributed by atoms with E-state index in [4.69, 9.17) is 4.74 Å². The highest BCUT2D eigenvalue weighted by Gasteiger charge is 2.29. The monoisotopic (exact) mass is 420 g/mol. The summed E-state index contributed by atoms with van der Waals surface area (Å²) in [5, 5.41) is 0.750. The molecule has 1 aromatic rings. The van der Waals surface area contributed by atoms with Crippen molar-refractivity contribution in [1.29, 1.82) is 0 Å². The fourth-order valence-electron chi connectivity index (χ4n) is 1.85. The molecule has 0 aromatic heterocycles. The zero-order valence-corrected chi connectivity index (χ0v) is 16.4. The highest BCUT2D eigenvalue weighted by molar-refractivity contribution is 6.24. The van der Waals surface area contributed by atoms with E-state index in [1.165, 1.54) is 14.0 Å². The fourth-order valence-corrected chi connectivity index (χ4v) is 1.85. The zero-order valence-electron chi connectivity index (χ0n) is 16.4. The number of ketones is 1. The Kier molecular flexibility index (Phi) is 7.75. The lowest BCUT2D eigenvalue weighted by Gasteiger charge is -2.24. The lowest BCUT2D eigenvalue weighted by molar-refractivity contribution is -0.138. The molecule has 1 rings (SSSR count). The molecule has 7 nitrogen and oxygen atoms in total. The molecule has 1 aromatic carbocycles. The van der Waals surface area contributed by atoms with Crippen molar-refractivity contribution in [3.05, 3.63) is 46.7 Å². The number of hydrazine groups is 1. The molecule has 0 bridgehead atoms. The minimum Gasteiger partial charge on any atom is -0.462 e. The summed E-state index contributed by atoms with van der Waals surface area (Å²) < 4.78 is 63.6. The van der Waals surface area contributed by atoms with Crippen molar-refractivity contribution in [3.63, 3.8) is 0 Å². The van der Waals surface area contributed by atoms with E-state index in [0.29, 0.717) is 6.20 Å². The van der Waals surface area contributed by atoms with Gasteiger partial charge in [-0.1, -0.05) is 0 Å². The number of esters is 1. The van der Waals surface area contributed by atoms with Gasteiger partial charge in [-0.15, -0.1) is 0 Å². The Bertz CT molecular complexity index is 850. The SMILES string of the molecule is CCOC(=O)C(=CNN(C)C(=O)OC(C)(C)C)C(=O)c1cc(F)c(F)c(F)c1F. The molecule has 160 valence electrons. The van der Waals surface area contributed by atoms with Crippen LogP contribution in [0.4, 0.5) is 22.4 Å². The number of carbonyl (C=O) groups excluding carboxylic acids is 3. The largest absolute Gasteiger partial charge is 0.462 e. The zero-order chi connectivity index (χ0) is 22.5. The molecule has 0 spiro atoms. The van der Waals surface area contributed by atoms with Gasteiger partial charge >= 0.3 is 12.1 Å². The van der Waals surface area contributed by atoms with Crippen molar-refractivity contribution < 1.29 is 41.4 Å². The predicted octanol–water partition coefficient (Wildman–Crippen LogP) is 3.24. The van der Waals surface area contributed by atoms with Crippen LogP contribution in [0.1, 0.15) is 38.1 Å². The number of carbonyl (C=O) groups is 3. The first-order chi connectivity index (χ1) is 13.3. The first-order valence-electron chi connectivity index (χ1n) is 8.28. The number of nitrogens with zero attached hydrogens (tertiary/aromatic N) is 1. The van der Waals surface area contributed by atoms with Crippen molar-refractivity contribution >= 4 is 17.8 Å². The molecule has 0 aliphatic carbocycles. The van der Waals surface area contributed by atoms with E-state index >= 15 is 0 Å².